The highest BCUT2D eigenvalue weighted by atomic mass is 35.5. The van der Waals surface area contributed by atoms with Crippen molar-refractivity contribution in [1.82, 2.24) is 14.2 Å². The van der Waals surface area contributed by atoms with Crippen LogP contribution in [0, 0.1) is 5.41 Å². The predicted molar refractivity (Wildman–Crippen MR) is 94.1 cm³/mol. The van der Waals surface area contributed by atoms with Crippen LogP contribution < -0.4 is 16.1 Å². The lowest BCUT2D eigenvalue weighted by atomic mass is 9.80. The number of rotatable bonds is 5. The molecule has 0 radical (unpaired) electrons. The highest BCUT2D eigenvalue weighted by Gasteiger charge is 2.32. The normalized spacial score (nSPS) is 20.3. The summed E-state index contributed by atoms with van der Waals surface area (Å²) in [5.74, 6) is 0.687. The Hall–Kier alpha value is -1.22. The fraction of sp³-hybridized carbons (Fsp3) is 0.500. The standard InChI is InChI=1S/C14H18ClN5OS2/c1-14(2)4-10(19-11(16)5-14)13-9(15)3-12(22-13)21-17-6-8-7-18-23-20-8/h3,7,10,17H,4-6H2,1-2H3,(H2,16,19)/t10-/m0/s1. The van der Waals surface area contributed by atoms with Gasteiger partial charge >= 0.3 is 0 Å². The highest BCUT2D eigenvalue weighted by molar-refractivity contribution is 7.14. The van der Waals surface area contributed by atoms with Crippen molar-refractivity contribution < 1.29 is 4.84 Å². The average molecular weight is 372 g/mol. The number of hydroxylamine groups is 1. The van der Waals surface area contributed by atoms with Gasteiger partial charge in [-0.3, -0.25) is 4.99 Å². The number of halogens is 1. The monoisotopic (exact) mass is 371 g/mol. The second-order valence-electron chi connectivity index (χ2n) is 6.28. The Bertz CT molecular complexity index is 698. The van der Waals surface area contributed by atoms with Crippen molar-refractivity contribution in [3.05, 3.63) is 27.9 Å². The van der Waals surface area contributed by atoms with E-state index in [4.69, 9.17) is 22.2 Å². The molecular formula is C14H18ClN5OS2. The summed E-state index contributed by atoms with van der Waals surface area (Å²) in [7, 11) is 0. The first-order chi connectivity index (χ1) is 10.9. The minimum Gasteiger partial charge on any atom is -0.397 e. The third-order valence-electron chi connectivity index (χ3n) is 3.55. The maximum absolute atomic E-state index is 6.37. The van der Waals surface area contributed by atoms with Gasteiger partial charge in [-0.1, -0.05) is 36.8 Å². The van der Waals surface area contributed by atoms with Gasteiger partial charge in [0.15, 0.2) is 0 Å². The fourth-order valence-corrected chi connectivity index (χ4v) is 4.37. The zero-order valence-electron chi connectivity index (χ0n) is 12.9. The number of thiophene rings is 1. The minimum atomic E-state index is -0.00339. The topological polar surface area (TPSA) is 85.4 Å². The molecule has 0 amide bonds. The summed E-state index contributed by atoms with van der Waals surface area (Å²) in [6.07, 6.45) is 3.44. The zero-order chi connectivity index (χ0) is 16.4. The van der Waals surface area contributed by atoms with Crippen molar-refractivity contribution in [3.63, 3.8) is 0 Å². The van der Waals surface area contributed by atoms with E-state index in [1.807, 2.05) is 0 Å². The van der Waals surface area contributed by atoms with Crippen molar-refractivity contribution in [1.29, 1.82) is 0 Å². The molecule has 0 saturated carbocycles. The molecule has 3 rings (SSSR count). The molecule has 0 unspecified atom stereocenters. The van der Waals surface area contributed by atoms with E-state index in [9.17, 15) is 0 Å². The summed E-state index contributed by atoms with van der Waals surface area (Å²) in [4.78, 5) is 11.1. The van der Waals surface area contributed by atoms with Crippen LogP contribution in [-0.2, 0) is 6.54 Å². The average Bonchev–Trinajstić information content (AvgIpc) is 3.06. The lowest BCUT2D eigenvalue weighted by Gasteiger charge is -2.32. The molecule has 3 N–H and O–H groups in total. The smallest absolute Gasteiger partial charge is 0.202 e. The van der Waals surface area contributed by atoms with Crippen LogP contribution in [0.5, 0.6) is 5.06 Å². The predicted octanol–water partition coefficient (Wildman–Crippen LogP) is 3.55. The molecule has 9 heteroatoms. The summed E-state index contributed by atoms with van der Waals surface area (Å²) in [6.45, 7) is 4.89. The van der Waals surface area contributed by atoms with Crippen LogP contribution in [0.3, 0.4) is 0 Å². The molecule has 0 spiro atoms. The number of hydrogen-bond donors (Lipinski definition) is 2. The van der Waals surface area contributed by atoms with Crippen molar-refractivity contribution in [2.45, 2.75) is 39.3 Å². The van der Waals surface area contributed by atoms with Crippen molar-refractivity contribution in [3.8, 4) is 5.06 Å². The maximum atomic E-state index is 6.37. The maximum Gasteiger partial charge on any atom is 0.202 e. The first-order valence-electron chi connectivity index (χ1n) is 7.20. The van der Waals surface area contributed by atoms with Gasteiger partial charge in [-0.25, -0.2) is 0 Å². The van der Waals surface area contributed by atoms with E-state index in [0.717, 1.165) is 23.4 Å². The van der Waals surface area contributed by atoms with E-state index in [0.29, 0.717) is 22.5 Å². The molecule has 0 saturated heterocycles. The highest BCUT2D eigenvalue weighted by Crippen LogP contribution is 2.45. The van der Waals surface area contributed by atoms with Crippen LogP contribution in [0.4, 0.5) is 0 Å². The number of nitrogens with one attached hydrogen (secondary N) is 1. The Kier molecular flexibility index (Phi) is 4.86. The third kappa shape index (κ3) is 4.20. The fourth-order valence-electron chi connectivity index (χ4n) is 2.61. The molecule has 23 heavy (non-hydrogen) atoms. The Morgan fingerprint density at radius 1 is 1.52 bits per heavy atom. The number of aliphatic imine (C=N–C) groups is 1. The number of hydrogen-bond acceptors (Lipinski definition) is 8. The Balaban J connectivity index is 1.67. The van der Waals surface area contributed by atoms with E-state index >= 15 is 0 Å². The molecule has 2 aromatic heterocycles. The minimum absolute atomic E-state index is 0.00339. The van der Waals surface area contributed by atoms with E-state index in [1.54, 1.807) is 12.3 Å². The summed E-state index contributed by atoms with van der Waals surface area (Å²) in [5.41, 5.74) is 9.82. The molecule has 1 aliphatic heterocycles. The van der Waals surface area contributed by atoms with E-state index in [2.05, 4.69) is 33.1 Å². The largest absolute Gasteiger partial charge is 0.397 e. The van der Waals surface area contributed by atoms with E-state index < -0.39 is 0 Å². The molecule has 3 heterocycles. The van der Waals surface area contributed by atoms with Gasteiger partial charge in [0.25, 0.3) is 0 Å². The SMILES string of the molecule is CC1(C)CC(N)=N[C@H](c2sc(ONCc3cnsn3)cc2Cl)C1. The lowest BCUT2D eigenvalue weighted by molar-refractivity contribution is 0.196. The quantitative estimate of drug-likeness (QED) is 0.785. The van der Waals surface area contributed by atoms with Gasteiger partial charge in [-0.15, -0.1) is 5.48 Å². The van der Waals surface area contributed by atoms with Crippen molar-refractivity contribution >= 4 is 40.5 Å². The summed E-state index contributed by atoms with van der Waals surface area (Å²) < 4.78 is 8.04. The zero-order valence-corrected chi connectivity index (χ0v) is 15.3. The molecule has 0 aliphatic carbocycles. The van der Waals surface area contributed by atoms with Gasteiger partial charge in [-0.05, 0) is 11.8 Å². The lowest BCUT2D eigenvalue weighted by Crippen LogP contribution is -2.29. The molecule has 0 aromatic carbocycles. The van der Waals surface area contributed by atoms with Gasteiger partial charge in [0, 0.05) is 12.5 Å². The number of nitrogens with two attached hydrogens (primary N) is 1. The van der Waals surface area contributed by atoms with Crippen LogP contribution in [-0.4, -0.2) is 14.6 Å². The molecule has 2 aromatic rings. The Morgan fingerprint density at radius 3 is 3.04 bits per heavy atom. The second kappa shape index (κ2) is 6.72. The van der Waals surface area contributed by atoms with Gasteiger partial charge in [0.05, 0.1) is 51.9 Å². The molecule has 124 valence electrons. The first kappa shape index (κ1) is 16.6. The van der Waals surface area contributed by atoms with Gasteiger partial charge in [-0.2, -0.15) is 8.75 Å². The summed E-state index contributed by atoms with van der Waals surface area (Å²) >= 11 is 9.03. The van der Waals surface area contributed by atoms with Crippen LogP contribution in [0.25, 0.3) is 0 Å². The number of amidine groups is 1. The van der Waals surface area contributed by atoms with Gasteiger partial charge in [0.1, 0.15) is 0 Å². The molecular weight excluding hydrogens is 354 g/mol. The van der Waals surface area contributed by atoms with Crippen LogP contribution >= 0.6 is 34.7 Å². The van der Waals surface area contributed by atoms with Crippen LogP contribution in [0.15, 0.2) is 17.3 Å². The van der Waals surface area contributed by atoms with Crippen LogP contribution in [0.1, 0.15) is 43.3 Å². The van der Waals surface area contributed by atoms with E-state index in [-0.39, 0.29) is 11.5 Å². The molecule has 0 fully saturated rings. The summed E-state index contributed by atoms with van der Waals surface area (Å²) in [6, 6.07) is 1.80. The number of aromatic nitrogens is 2. The molecule has 1 aliphatic rings. The first-order valence-corrected chi connectivity index (χ1v) is 9.13. The number of nitrogens with zero attached hydrogens (tertiary/aromatic N) is 3. The Morgan fingerprint density at radius 2 is 2.35 bits per heavy atom. The third-order valence-corrected chi connectivity index (χ3v) is 5.61. The summed E-state index contributed by atoms with van der Waals surface area (Å²) in [5, 5.41) is 1.37. The molecule has 6 nitrogen and oxygen atoms in total. The molecule has 0 bridgehead atoms. The molecule has 1 atom stereocenters. The Labute approximate surface area is 148 Å². The van der Waals surface area contributed by atoms with Crippen LogP contribution in [0.2, 0.25) is 5.02 Å². The van der Waals surface area contributed by atoms with Gasteiger partial charge < -0.3 is 10.6 Å². The van der Waals surface area contributed by atoms with Crippen molar-refractivity contribution in [2.75, 3.05) is 0 Å². The van der Waals surface area contributed by atoms with E-state index in [1.165, 1.54) is 23.1 Å². The van der Waals surface area contributed by atoms with Gasteiger partial charge in [0.2, 0.25) is 5.06 Å². The second-order valence-corrected chi connectivity index (χ2v) is 8.29. The van der Waals surface area contributed by atoms with Crippen molar-refractivity contribution in [2.24, 2.45) is 16.1 Å².